The molecule has 0 rings (SSSR count). The third kappa shape index (κ3) is 15.1. The summed E-state index contributed by atoms with van der Waals surface area (Å²) in [6, 6.07) is 0. The Hall–Kier alpha value is -0.940. The number of sulfonamides is 6. The molecule has 0 aliphatic heterocycles. The van der Waals surface area contributed by atoms with Crippen molar-refractivity contribution in [1.29, 1.82) is 0 Å². The summed E-state index contributed by atoms with van der Waals surface area (Å²) in [6.45, 7) is 0. The number of nitrogens with zero attached hydrogens (tertiary/aromatic N) is 3. The maximum atomic E-state index is 11.4. The van der Waals surface area contributed by atoms with Gasteiger partial charge in [0.2, 0.25) is 0 Å². The fraction of sp³-hybridized carbons (Fsp3) is 1.00. The topological polar surface area (TPSA) is 247 Å². The molecule has 0 unspecified atom stereocenters. The molecule has 40 heteroatoms. The first-order valence-electron chi connectivity index (χ1n) is 7.72. The van der Waals surface area contributed by atoms with Crippen molar-refractivity contribution in [2.45, 2.75) is 33.0 Å². The summed E-state index contributed by atoms with van der Waals surface area (Å²) >= 11 is 0. The van der Waals surface area contributed by atoms with Crippen LogP contribution >= 0.6 is 0 Å². The summed E-state index contributed by atoms with van der Waals surface area (Å²) in [5, 5.41) is 0. The summed E-state index contributed by atoms with van der Waals surface area (Å²) in [6.07, 6.45) is 0. The Morgan fingerprint density at radius 3 is 0.348 bits per heavy atom. The van der Waals surface area contributed by atoms with Gasteiger partial charge in [0.05, 0.1) is 0 Å². The quantitative estimate of drug-likeness (QED) is 0.275. The molecule has 0 amide bonds. The second kappa shape index (κ2) is 14.9. The fourth-order valence-corrected chi connectivity index (χ4v) is 5.77. The number of hydrogen-bond donors (Lipinski definition) is 0. The van der Waals surface area contributed by atoms with Gasteiger partial charge in [-0.25, -0.2) is 50.5 Å². The molecule has 0 aliphatic rings. The molecule has 0 spiro atoms. The summed E-state index contributed by atoms with van der Waals surface area (Å²) in [5.41, 5.74) is -37.2. The van der Waals surface area contributed by atoms with Gasteiger partial charge in [-0.1, -0.05) is 0 Å². The molecule has 0 aromatic heterocycles. The fourth-order valence-electron chi connectivity index (χ4n) is 0.641. The Bertz CT molecular complexity index is 1370. The summed E-state index contributed by atoms with van der Waals surface area (Å²) < 4.78 is 328. The number of alkyl halides is 18. The van der Waals surface area contributed by atoms with Crippen LogP contribution in [0.15, 0.2) is 0 Å². The molecule has 0 heterocycles. The van der Waals surface area contributed by atoms with Gasteiger partial charge in [0.25, 0.3) is 0 Å². The first-order valence-corrected chi connectivity index (χ1v) is 16.4. The maximum absolute atomic E-state index is 11.4. The van der Waals surface area contributed by atoms with Crippen LogP contribution in [0.4, 0.5) is 79.0 Å². The zero-order valence-electron chi connectivity index (χ0n) is 18.8. The summed E-state index contributed by atoms with van der Waals surface area (Å²) in [4.78, 5) is 0. The van der Waals surface area contributed by atoms with Crippen LogP contribution in [0.2, 0.25) is 0 Å². The number of hydrogen-bond acceptors (Lipinski definition) is 12. The molecule has 0 saturated heterocycles. The maximum Gasteiger partial charge on any atom is 3.00 e. The van der Waals surface area contributed by atoms with Gasteiger partial charge in [0.15, 0.2) is 60.1 Å². The van der Waals surface area contributed by atoms with E-state index in [2.05, 4.69) is 0 Å². The molecule has 284 valence electrons. The normalized spacial score (nSPS) is 15.0. The third-order valence-electron chi connectivity index (χ3n) is 2.34. The van der Waals surface area contributed by atoms with E-state index in [1.165, 1.54) is 0 Å². The molecule has 0 atom stereocenters. The van der Waals surface area contributed by atoms with E-state index in [-0.39, 0.29) is 22.4 Å². The molecule has 0 fully saturated rings. The molecule has 0 aromatic carbocycles. The predicted molar refractivity (Wildman–Crippen MR) is 99.9 cm³/mol. The van der Waals surface area contributed by atoms with Crippen molar-refractivity contribution < 1.29 is 152 Å². The number of rotatable bonds is 6. The van der Waals surface area contributed by atoms with E-state index in [0.717, 1.165) is 12.4 Å². The van der Waals surface area contributed by atoms with Crippen molar-refractivity contribution in [3.8, 4) is 0 Å². The molecule has 0 bridgehead atoms. The van der Waals surface area contributed by atoms with E-state index in [0.29, 0.717) is 0 Å². The van der Waals surface area contributed by atoms with Gasteiger partial charge in [0.1, 0.15) is 0 Å². The first kappa shape index (κ1) is 51.9. The van der Waals surface area contributed by atoms with Crippen molar-refractivity contribution >= 4 is 60.1 Å². The largest absolute Gasteiger partial charge is 3.00 e. The molecule has 0 saturated carbocycles. The monoisotopic (exact) mass is 1040 g/mol. The van der Waals surface area contributed by atoms with Crippen LogP contribution in [0.1, 0.15) is 0 Å². The van der Waals surface area contributed by atoms with Gasteiger partial charge in [-0.15, -0.1) is 0 Å². The predicted octanol–water partition coefficient (Wildman–Crippen LogP) is 3.18. The van der Waals surface area contributed by atoms with E-state index in [4.69, 9.17) is 0 Å². The Morgan fingerprint density at radius 2 is 0.304 bits per heavy atom. The Balaban J connectivity index is -0.000000285. The third-order valence-corrected chi connectivity index (χ3v) is 10.6. The average Bonchev–Trinajstić information content (AvgIpc) is 2.61. The summed E-state index contributed by atoms with van der Waals surface area (Å²) in [5.74, 6) is 0. The Morgan fingerprint density at radius 1 is 0.239 bits per heavy atom. The van der Waals surface area contributed by atoms with Crippen molar-refractivity contribution in [3.05, 3.63) is 12.4 Å². The zero-order valence-corrected chi connectivity index (χ0v) is 25.9. The van der Waals surface area contributed by atoms with Crippen molar-refractivity contribution in [2.75, 3.05) is 0 Å². The van der Waals surface area contributed by atoms with Crippen LogP contribution in [-0.4, -0.2) is 83.6 Å². The zero-order chi connectivity index (χ0) is 38.1. The van der Waals surface area contributed by atoms with Crippen LogP contribution in [-0.2, 0) is 82.5 Å². The SMILES string of the molecule is O=S(=O)([N-]S(=O)(=O)C(F)(F)F)C(F)(F)F.O=S(=O)([N-]S(=O)(=O)C(F)(F)F)C(F)(F)F.O=S(=O)([N-]S(=O)(=O)C(F)(F)F)C(F)(F)F.[Au+3]. The van der Waals surface area contributed by atoms with Gasteiger partial charge >= 0.3 is 55.4 Å². The van der Waals surface area contributed by atoms with E-state index in [1.807, 2.05) is 0 Å². The molecule has 15 nitrogen and oxygen atoms in total. The van der Waals surface area contributed by atoms with Crippen LogP contribution in [0.3, 0.4) is 0 Å². The second-order valence-corrected chi connectivity index (χ2v) is 16.0. The molecule has 46 heavy (non-hydrogen) atoms. The van der Waals surface area contributed by atoms with E-state index in [9.17, 15) is 130 Å². The molecule has 0 aliphatic carbocycles. The minimum atomic E-state index is -6.72. The molecule has 0 radical (unpaired) electrons. The van der Waals surface area contributed by atoms with E-state index >= 15 is 0 Å². The van der Waals surface area contributed by atoms with Crippen LogP contribution in [0.25, 0.3) is 12.4 Å². The standard InChI is InChI=1S/3C2F6NO4S2.Au/c3*3-1(4,5)14(10,11)9-15(12,13)2(6,7)8;/q3*-1;+3. The minimum absolute atomic E-state index is 0. The van der Waals surface area contributed by atoms with E-state index < -0.39 is 93.2 Å². The Kier molecular flexibility index (Phi) is 16.8. The Labute approximate surface area is 256 Å². The van der Waals surface area contributed by atoms with Crippen molar-refractivity contribution in [2.24, 2.45) is 0 Å². The van der Waals surface area contributed by atoms with Gasteiger partial charge in [-0.05, 0) is 0 Å². The van der Waals surface area contributed by atoms with Gasteiger partial charge in [-0.3, -0.25) is 0 Å². The van der Waals surface area contributed by atoms with Gasteiger partial charge in [0, 0.05) is 0 Å². The molecular weight excluding hydrogens is 1040 g/mol. The molecule has 0 N–H and O–H groups in total. The first-order chi connectivity index (χ1) is 18.6. The summed E-state index contributed by atoms with van der Waals surface area (Å²) in [7, 11) is -40.3. The van der Waals surface area contributed by atoms with Gasteiger partial charge in [-0.2, -0.15) is 79.0 Å². The van der Waals surface area contributed by atoms with Crippen molar-refractivity contribution in [3.63, 3.8) is 0 Å². The van der Waals surface area contributed by atoms with Crippen LogP contribution < -0.4 is 0 Å². The molecular formula is C6AuF18N3O12S6. The van der Waals surface area contributed by atoms with Crippen LogP contribution in [0, 0.1) is 0 Å². The molecule has 0 aromatic rings. The van der Waals surface area contributed by atoms with E-state index in [1.54, 1.807) is 0 Å². The average molecular weight is 1040 g/mol. The van der Waals surface area contributed by atoms with Crippen LogP contribution in [0.5, 0.6) is 0 Å². The smallest absolute Gasteiger partial charge is 0.421 e. The van der Waals surface area contributed by atoms with Gasteiger partial charge < -0.3 is 12.4 Å². The number of halogens is 18. The van der Waals surface area contributed by atoms with Crippen molar-refractivity contribution in [1.82, 2.24) is 0 Å². The second-order valence-electron chi connectivity index (χ2n) is 5.75. The minimum Gasteiger partial charge on any atom is -0.421 e.